The minimum absolute atomic E-state index is 0.0319. The van der Waals surface area contributed by atoms with E-state index < -0.39 is 0 Å². The average molecular weight is 403 g/mol. The number of carbonyl (C=O) groups is 3. The first-order chi connectivity index (χ1) is 14.0. The lowest BCUT2D eigenvalue weighted by Crippen LogP contribution is -2.44. The maximum absolute atomic E-state index is 12.6. The summed E-state index contributed by atoms with van der Waals surface area (Å²) in [4.78, 5) is 39.2. The smallest absolute Gasteiger partial charge is 0.309 e. The number of carbonyl (C=O) groups excluding carboxylic acids is 3. The number of rotatable bonds is 6. The molecule has 3 atom stereocenters. The highest BCUT2D eigenvalue weighted by Crippen LogP contribution is 2.25. The molecule has 3 rings (SSSR count). The Bertz CT molecular complexity index is 649. The molecular formula is C23H34N2O4. The van der Waals surface area contributed by atoms with Gasteiger partial charge in [0.25, 0.3) is 0 Å². The topological polar surface area (TPSA) is 75.7 Å². The number of hydrogen-bond donors (Lipinski definition) is 1. The first-order valence-corrected chi connectivity index (χ1v) is 11.1. The highest BCUT2D eigenvalue weighted by molar-refractivity contribution is 5.80. The zero-order valence-electron chi connectivity index (χ0n) is 17.5. The molecule has 0 aromatic carbocycles. The Morgan fingerprint density at radius 3 is 2.14 bits per heavy atom. The van der Waals surface area contributed by atoms with Crippen molar-refractivity contribution in [1.29, 1.82) is 0 Å². The average Bonchev–Trinajstić information content (AvgIpc) is 2.78. The molecule has 1 saturated heterocycles. The van der Waals surface area contributed by atoms with Gasteiger partial charge < -0.3 is 15.0 Å². The van der Waals surface area contributed by atoms with E-state index in [1.807, 2.05) is 11.8 Å². The fourth-order valence-electron chi connectivity index (χ4n) is 4.37. The predicted molar refractivity (Wildman–Crippen MR) is 111 cm³/mol. The van der Waals surface area contributed by atoms with Gasteiger partial charge in [-0.1, -0.05) is 24.3 Å². The Morgan fingerprint density at radius 2 is 1.55 bits per heavy atom. The summed E-state index contributed by atoms with van der Waals surface area (Å²) in [5.74, 6) is 0.0413. The molecule has 1 aliphatic heterocycles. The second-order valence-corrected chi connectivity index (χ2v) is 8.55. The molecule has 0 radical (unpaired) electrons. The van der Waals surface area contributed by atoms with Crippen LogP contribution in [0.3, 0.4) is 0 Å². The zero-order valence-corrected chi connectivity index (χ0v) is 17.5. The minimum atomic E-state index is -0.348. The van der Waals surface area contributed by atoms with E-state index in [1.165, 1.54) is 0 Å². The van der Waals surface area contributed by atoms with Gasteiger partial charge in [0, 0.05) is 24.9 Å². The van der Waals surface area contributed by atoms with Crippen LogP contribution in [0.4, 0.5) is 0 Å². The highest BCUT2D eigenvalue weighted by Gasteiger charge is 2.32. The van der Waals surface area contributed by atoms with E-state index in [1.54, 1.807) is 0 Å². The second kappa shape index (κ2) is 10.6. The van der Waals surface area contributed by atoms with Crippen LogP contribution in [0.5, 0.6) is 0 Å². The van der Waals surface area contributed by atoms with Gasteiger partial charge in [0.15, 0.2) is 0 Å². The van der Waals surface area contributed by atoms with Crippen LogP contribution in [0.15, 0.2) is 24.3 Å². The molecular weight excluding hydrogens is 368 g/mol. The van der Waals surface area contributed by atoms with Crippen molar-refractivity contribution in [3.8, 4) is 0 Å². The molecule has 2 amide bonds. The van der Waals surface area contributed by atoms with E-state index in [9.17, 15) is 14.4 Å². The molecule has 0 aromatic rings. The summed E-state index contributed by atoms with van der Waals surface area (Å²) < 4.78 is 5.56. The lowest BCUT2D eigenvalue weighted by atomic mass is 9.91. The number of hydrogen-bond acceptors (Lipinski definition) is 4. The predicted octanol–water partition coefficient (Wildman–Crippen LogP) is 2.99. The maximum atomic E-state index is 12.6. The van der Waals surface area contributed by atoms with E-state index in [0.29, 0.717) is 32.5 Å². The Labute approximate surface area is 173 Å². The van der Waals surface area contributed by atoms with Gasteiger partial charge in [-0.25, -0.2) is 0 Å². The van der Waals surface area contributed by atoms with Crippen LogP contribution in [-0.2, 0) is 19.1 Å². The molecule has 6 nitrogen and oxygen atoms in total. The van der Waals surface area contributed by atoms with Crippen molar-refractivity contribution < 1.29 is 19.1 Å². The van der Waals surface area contributed by atoms with Crippen LogP contribution < -0.4 is 5.32 Å². The van der Waals surface area contributed by atoms with Crippen molar-refractivity contribution in [2.45, 2.75) is 64.4 Å². The lowest BCUT2D eigenvalue weighted by Gasteiger charge is -2.34. The molecule has 160 valence electrons. The van der Waals surface area contributed by atoms with Crippen LogP contribution in [-0.4, -0.2) is 48.4 Å². The van der Waals surface area contributed by atoms with E-state index >= 15 is 0 Å². The number of likely N-dealkylation sites (tertiary alicyclic amines) is 1. The van der Waals surface area contributed by atoms with Crippen molar-refractivity contribution >= 4 is 17.8 Å². The van der Waals surface area contributed by atoms with Crippen molar-refractivity contribution in [2.24, 2.45) is 17.8 Å². The van der Waals surface area contributed by atoms with Gasteiger partial charge in [-0.3, -0.25) is 14.4 Å². The number of allylic oxidation sites excluding steroid dienone is 4. The van der Waals surface area contributed by atoms with Crippen molar-refractivity contribution in [1.82, 2.24) is 10.2 Å². The summed E-state index contributed by atoms with van der Waals surface area (Å²) >= 11 is 0. The molecule has 0 saturated carbocycles. The molecule has 0 aromatic heterocycles. The van der Waals surface area contributed by atoms with Crippen LogP contribution in [0, 0.1) is 17.8 Å². The standard InChI is InChI=1S/C23H34N2O4/c1-17(16-24-21(26)18-8-4-2-5-9-18)29-23(28)20-12-14-25(15-13-20)22(27)19-10-6-3-7-11-19/h2-4,6,17-20H,5,7-16H2,1H3,(H,24,26)/t17-,18-,19-/m1/s1. The van der Waals surface area contributed by atoms with Crippen molar-refractivity contribution in [3.63, 3.8) is 0 Å². The molecule has 1 fully saturated rings. The third-order valence-corrected chi connectivity index (χ3v) is 6.28. The van der Waals surface area contributed by atoms with Gasteiger partial charge in [-0.05, 0) is 58.3 Å². The molecule has 1 N–H and O–H groups in total. The van der Waals surface area contributed by atoms with Crippen LogP contribution in [0.1, 0.15) is 58.3 Å². The first kappa shape index (κ1) is 21.6. The molecule has 6 heteroatoms. The second-order valence-electron chi connectivity index (χ2n) is 8.55. The monoisotopic (exact) mass is 402 g/mol. The molecule has 0 unspecified atom stereocenters. The first-order valence-electron chi connectivity index (χ1n) is 11.1. The maximum Gasteiger partial charge on any atom is 0.309 e. The van der Waals surface area contributed by atoms with Crippen LogP contribution in [0.25, 0.3) is 0 Å². The fraction of sp³-hybridized carbons (Fsp3) is 0.696. The number of esters is 1. The lowest BCUT2D eigenvalue weighted by molar-refractivity contribution is -0.156. The SMILES string of the molecule is C[C@H](CNC(=O)[C@@H]1CC=CCC1)OC(=O)C1CCN(C(=O)[C@@H]2CC=CCC2)CC1. The third kappa shape index (κ3) is 6.18. The number of nitrogens with zero attached hydrogens (tertiary/aromatic N) is 1. The van der Waals surface area contributed by atoms with Gasteiger partial charge in [-0.15, -0.1) is 0 Å². The Kier molecular flexibility index (Phi) is 7.90. The van der Waals surface area contributed by atoms with E-state index in [0.717, 1.165) is 38.5 Å². The van der Waals surface area contributed by atoms with Gasteiger partial charge in [0.2, 0.25) is 11.8 Å². The molecule has 0 bridgehead atoms. The normalized spacial score (nSPS) is 26.0. The summed E-state index contributed by atoms with van der Waals surface area (Å²) in [6.07, 6.45) is 14.7. The van der Waals surface area contributed by atoms with Crippen molar-refractivity contribution in [3.05, 3.63) is 24.3 Å². The number of amides is 2. The fourth-order valence-corrected chi connectivity index (χ4v) is 4.37. The Balaban J connectivity index is 1.35. The number of piperidine rings is 1. The van der Waals surface area contributed by atoms with Gasteiger partial charge in [-0.2, -0.15) is 0 Å². The van der Waals surface area contributed by atoms with Crippen molar-refractivity contribution in [2.75, 3.05) is 19.6 Å². The zero-order chi connectivity index (χ0) is 20.6. The van der Waals surface area contributed by atoms with Gasteiger partial charge in [0.1, 0.15) is 6.10 Å². The highest BCUT2D eigenvalue weighted by atomic mass is 16.5. The number of nitrogens with one attached hydrogen (secondary N) is 1. The third-order valence-electron chi connectivity index (χ3n) is 6.28. The van der Waals surface area contributed by atoms with Gasteiger partial charge in [0.05, 0.1) is 12.5 Å². The quantitative estimate of drug-likeness (QED) is 0.547. The molecule has 2 aliphatic carbocycles. The molecule has 1 heterocycles. The van der Waals surface area contributed by atoms with Crippen LogP contribution in [0.2, 0.25) is 0 Å². The minimum Gasteiger partial charge on any atom is -0.461 e. The Hall–Kier alpha value is -2.11. The summed E-state index contributed by atoms with van der Waals surface area (Å²) in [6.45, 7) is 3.41. The van der Waals surface area contributed by atoms with E-state index in [-0.39, 0.29) is 41.6 Å². The van der Waals surface area contributed by atoms with Gasteiger partial charge >= 0.3 is 5.97 Å². The summed E-state index contributed by atoms with van der Waals surface area (Å²) in [7, 11) is 0. The Morgan fingerprint density at radius 1 is 0.931 bits per heavy atom. The van der Waals surface area contributed by atoms with Crippen LogP contribution >= 0.6 is 0 Å². The summed E-state index contributed by atoms with van der Waals surface area (Å²) in [5, 5.41) is 2.91. The largest absolute Gasteiger partial charge is 0.461 e. The van der Waals surface area contributed by atoms with E-state index in [2.05, 4.69) is 29.6 Å². The van der Waals surface area contributed by atoms with E-state index in [4.69, 9.17) is 4.74 Å². The molecule has 0 spiro atoms. The summed E-state index contributed by atoms with van der Waals surface area (Å²) in [6, 6.07) is 0. The molecule has 3 aliphatic rings. The molecule has 29 heavy (non-hydrogen) atoms. The summed E-state index contributed by atoms with van der Waals surface area (Å²) in [5.41, 5.74) is 0. The number of ether oxygens (including phenoxy) is 1.